The van der Waals surface area contributed by atoms with Crippen LogP contribution in [0.1, 0.15) is 11.1 Å². The lowest BCUT2D eigenvalue weighted by Crippen LogP contribution is -1.77. The molecule has 3 heteroatoms. The second-order valence-electron chi connectivity index (χ2n) is 2.51. The fourth-order valence-corrected chi connectivity index (χ4v) is 1.79. The lowest BCUT2D eigenvalue weighted by atomic mass is 10.1. The Morgan fingerprint density at radius 2 is 2.00 bits per heavy atom. The highest BCUT2D eigenvalue weighted by Gasteiger charge is 2.15. The molecule has 0 aliphatic heterocycles. The predicted molar refractivity (Wildman–Crippen MR) is 48.4 cm³/mol. The molecule has 0 spiro atoms. The van der Waals surface area contributed by atoms with E-state index in [0.717, 1.165) is 15.6 Å². The molecule has 1 rings (SSSR count). The van der Waals surface area contributed by atoms with Gasteiger partial charge in [-0.05, 0) is 47.5 Å². The van der Waals surface area contributed by atoms with Crippen LogP contribution in [0.3, 0.4) is 0 Å². The maximum Gasteiger partial charge on any atom is 0.401 e. The van der Waals surface area contributed by atoms with Gasteiger partial charge in [-0.1, -0.05) is 0 Å². The molecule has 0 atom stereocenters. The smallest absolute Gasteiger partial charge is 0.0492 e. The van der Waals surface area contributed by atoms with Gasteiger partial charge in [-0.3, -0.25) is 0 Å². The van der Waals surface area contributed by atoms with E-state index >= 15 is 0 Å². The highest BCUT2D eigenvalue weighted by Crippen LogP contribution is 2.29. The van der Waals surface area contributed by atoms with Crippen molar-refractivity contribution in [3.63, 3.8) is 0 Å². The molecule has 1 aromatic rings. The number of hydrogen-bond donors (Lipinski definition) is 0. The van der Waals surface area contributed by atoms with Crippen molar-refractivity contribution in [2.75, 3.05) is 0 Å². The lowest BCUT2D eigenvalue weighted by Gasteiger charge is -1.93. The summed E-state index contributed by atoms with van der Waals surface area (Å²) in [5.74, 6) is 0. The fourth-order valence-electron chi connectivity index (χ4n) is 1.03. The molecule has 0 radical (unpaired) electrons. The number of rotatable bonds is 0. The maximum absolute atomic E-state index is 8.59. The number of halogens is 1. The van der Waals surface area contributed by atoms with Crippen molar-refractivity contribution in [2.45, 2.75) is 13.8 Å². The SMILES string of the molecule is Cc1cc(C)c([N+]#N)c(Br)c1. The zero-order chi connectivity index (χ0) is 8.43. The Morgan fingerprint density at radius 3 is 2.45 bits per heavy atom. The summed E-state index contributed by atoms with van der Waals surface area (Å²) < 4.78 is 0.831. The monoisotopic (exact) mass is 211 g/mol. The van der Waals surface area contributed by atoms with Crippen LogP contribution < -0.4 is 0 Å². The van der Waals surface area contributed by atoms with Crippen molar-refractivity contribution >= 4 is 21.6 Å². The van der Waals surface area contributed by atoms with E-state index in [1.165, 1.54) is 0 Å². The first-order chi connectivity index (χ1) is 5.15. The first-order valence-electron chi connectivity index (χ1n) is 3.27. The summed E-state index contributed by atoms with van der Waals surface area (Å²) in [4.78, 5) is 3.16. The molecule has 0 unspecified atom stereocenters. The summed E-state index contributed by atoms with van der Waals surface area (Å²) in [6.45, 7) is 3.91. The minimum absolute atomic E-state index is 0.607. The maximum atomic E-state index is 8.59. The van der Waals surface area contributed by atoms with Crippen LogP contribution >= 0.6 is 15.9 Å². The van der Waals surface area contributed by atoms with Crippen LogP contribution in [-0.2, 0) is 0 Å². The summed E-state index contributed by atoms with van der Waals surface area (Å²) in [5, 5.41) is 8.59. The van der Waals surface area contributed by atoms with E-state index in [9.17, 15) is 0 Å². The van der Waals surface area contributed by atoms with Gasteiger partial charge in [0.05, 0.1) is 0 Å². The van der Waals surface area contributed by atoms with Crippen molar-refractivity contribution < 1.29 is 0 Å². The molecule has 0 saturated carbocycles. The van der Waals surface area contributed by atoms with Crippen molar-refractivity contribution in [1.82, 2.24) is 0 Å². The predicted octanol–water partition coefficient (Wildman–Crippen LogP) is 3.55. The zero-order valence-corrected chi connectivity index (χ0v) is 8.01. The summed E-state index contributed by atoms with van der Waals surface area (Å²) in [6.07, 6.45) is 0. The number of nitrogens with zero attached hydrogens (tertiary/aromatic N) is 2. The van der Waals surface area contributed by atoms with Gasteiger partial charge in [-0.15, -0.1) is 0 Å². The van der Waals surface area contributed by atoms with Gasteiger partial charge in [0.15, 0.2) is 4.98 Å². The highest BCUT2D eigenvalue weighted by molar-refractivity contribution is 9.10. The van der Waals surface area contributed by atoms with Crippen LogP contribution in [0.5, 0.6) is 0 Å². The molecule has 0 amide bonds. The Morgan fingerprint density at radius 1 is 1.36 bits per heavy atom. The molecule has 1 aromatic carbocycles. The van der Waals surface area contributed by atoms with Crippen LogP contribution in [0.15, 0.2) is 16.6 Å². The van der Waals surface area contributed by atoms with Gasteiger partial charge < -0.3 is 0 Å². The molecule has 0 bridgehead atoms. The number of aryl methyl sites for hydroxylation is 2. The highest BCUT2D eigenvalue weighted by atomic mass is 79.9. The molecular formula is C8H8BrN2+. The van der Waals surface area contributed by atoms with Gasteiger partial charge in [-0.2, -0.15) is 0 Å². The van der Waals surface area contributed by atoms with Crippen molar-refractivity contribution in [1.29, 1.82) is 5.39 Å². The average molecular weight is 212 g/mol. The quantitative estimate of drug-likeness (QED) is 0.604. The Kier molecular flexibility index (Phi) is 2.25. The second kappa shape index (κ2) is 3.02. The van der Waals surface area contributed by atoms with Crippen LogP contribution in [0.4, 0.5) is 5.69 Å². The van der Waals surface area contributed by atoms with Crippen molar-refractivity contribution in [2.24, 2.45) is 0 Å². The Labute approximate surface area is 74.0 Å². The van der Waals surface area contributed by atoms with E-state index in [1.54, 1.807) is 0 Å². The molecule has 0 saturated heterocycles. The molecule has 0 fully saturated rings. The van der Waals surface area contributed by atoms with E-state index in [0.29, 0.717) is 5.69 Å². The van der Waals surface area contributed by atoms with E-state index in [4.69, 9.17) is 5.39 Å². The first kappa shape index (κ1) is 8.22. The van der Waals surface area contributed by atoms with Gasteiger partial charge in [0.25, 0.3) is 0 Å². The molecule has 56 valence electrons. The van der Waals surface area contributed by atoms with Crippen LogP contribution in [0.25, 0.3) is 4.98 Å². The number of benzene rings is 1. The Balaban J connectivity index is 3.40. The van der Waals surface area contributed by atoms with E-state index in [2.05, 4.69) is 20.9 Å². The summed E-state index contributed by atoms with van der Waals surface area (Å²) in [6, 6.07) is 3.89. The van der Waals surface area contributed by atoms with E-state index in [1.807, 2.05) is 26.0 Å². The van der Waals surface area contributed by atoms with Gasteiger partial charge >= 0.3 is 5.69 Å². The second-order valence-corrected chi connectivity index (χ2v) is 3.37. The molecule has 0 aromatic heterocycles. The molecule has 0 aliphatic carbocycles. The van der Waals surface area contributed by atoms with Crippen LogP contribution in [0.2, 0.25) is 0 Å². The summed E-state index contributed by atoms with van der Waals surface area (Å²) >= 11 is 3.30. The average Bonchev–Trinajstić information content (AvgIpc) is 1.85. The largest absolute Gasteiger partial charge is 0.401 e. The third-order valence-electron chi connectivity index (χ3n) is 1.50. The minimum atomic E-state index is 0.607. The van der Waals surface area contributed by atoms with Crippen molar-refractivity contribution in [3.8, 4) is 0 Å². The molecule has 0 aliphatic rings. The fraction of sp³-hybridized carbons (Fsp3) is 0.250. The standard InChI is InChI=1S/C8H8BrN2/c1-5-3-6(2)8(11-10)7(9)4-5/h3-4H,1-2H3/q+1. The Hall–Kier alpha value is -0.880. The van der Waals surface area contributed by atoms with Gasteiger partial charge in [0, 0.05) is 5.56 Å². The molecule has 2 nitrogen and oxygen atoms in total. The van der Waals surface area contributed by atoms with Gasteiger partial charge in [0.2, 0.25) is 5.39 Å². The lowest BCUT2D eigenvalue weighted by molar-refractivity contribution is 1.35. The summed E-state index contributed by atoms with van der Waals surface area (Å²) in [5.41, 5.74) is 2.73. The molecule has 11 heavy (non-hydrogen) atoms. The van der Waals surface area contributed by atoms with Crippen LogP contribution in [-0.4, -0.2) is 0 Å². The molecule has 0 heterocycles. The summed E-state index contributed by atoms with van der Waals surface area (Å²) in [7, 11) is 0. The zero-order valence-electron chi connectivity index (χ0n) is 6.43. The third-order valence-corrected chi connectivity index (χ3v) is 2.10. The third kappa shape index (κ3) is 1.58. The van der Waals surface area contributed by atoms with Gasteiger partial charge in [0.1, 0.15) is 4.47 Å². The normalized spacial score (nSPS) is 9.27. The van der Waals surface area contributed by atoms with E-state index < -0.39 is 0 Å². The van der Waals surface area contributed by atoms with Crippen LogP contribution in [0, 0.1) is 19.2 Å². The topological polar surface area (TPSA) is 28.1 Å². The van der Waals surface area contributed by atoms with E-state index in [-0.39, 0.29) is 0 Å². The molecule has 0 N–H and O–H groups in total. The molecular weight excluding hydrogens is 204 g/mol. The minimum Gasteiger partial charge on any atom is -0.0492 e. The number of diazo groups is 1. The first-order valence-corrected chi connectivity index (χ1v) is 4.06. The van der Waals surface area contributed by atoms with Gasteiger partial charge in [-0.25, -0.2) is 0 Å². The number of hydrogen-bond acceptors (Lipinski definition) is 1. The Bertz CT molecular complexity index is 302. The van der Waals surface area contributed by atoms with Crippen molar-refractivity contribution in [3.05, 3.63) is 32.7 Å².